The van der Waals surface area contributed by atoms with Crippen molar-refractivity contribution in [2.45, 2.75) is 44.9 Å². The molecule has 3 rings (SSSR count). The summed E-state index contributed by atoms with van der Waals surface area (Å²) in [7, 11) is 0. The van der Waals surface area contributed by atoms with Crippen molar-refractivity contribution in [2.75, 3.05) is 17.2 Å². The van der Waals surface area contributed by atoms with Crippen molar-refractivity contribution in [3.05, 3.63) is 46.1 Å². The van der Waals surface area contributed by atoms with Crippen LogP contribution in [-0.2, 0) is 6.54 Å². The van der Waals surface area contributed by atoms with Crippen LogP contribution in [0.4, 0.5) is 26.2 Å². The fourth-order valence-corrected chi connectivity index (χ4v) is 3.39. The highest BCUT2D eigenvalue weighted by Gasteiger charge is 2.22. The topological polar surface area (TPSA) is 128 Å². The Morgan fingerprint density at radius 3 is 2.67 bits per heavy atom. The number of nitrogens with one attached hydrogen (secondary N) is 2. The maximum atomic E-state index is 12.6. The van der Waals surface area contributed by atoms with Gasteiger partial charge >= 0.3 is 12.3 Å². The molecule has 0 saturated heterocycles. The first kappa shape index (κ1) is 21.6. The highest BCUT2D eigenvalue weighted by Crippen LogP contribution is 2.27. The minimum absolute atomic E-state index is 0.0377. The zero-order valence-corrected chi connectivity index (χ0v) is 16.3. The van der Waals surface area contributed by atoms with E-state index >= 15 is 0 Å². The van der Waals surface area contributed by atoms with E-state index in [0.29, 0.717) is 18.0 Å². The van der Waals surface area contributed by atoms with Gasteiger partial charge in [0.15, 0.2) is 0 Å². The van der Waals surface area contributed by atoms with Gasteiger partial charge in [-0.2, -0.15) is 13.8 Å². The van der Waals surface area contributed by atoms with Gasteiger partial charge in [-0.15, -0.1) is 0 Å². The van der Waals surface area contributed by atoms with Crippen molar-refractivity contribution in [3.63, 3.8) is 0 Å². The molecular formula is C19H24F2N6O3. The summed E-state index contributed by atoms with van der Waals surface area (Å²) in [6, 6.07) is 6.56. The van der Waals surface area contributed by atoms with E-state index in [2.05, 4.69) is 25.3 Å². The number of nitrogens with two attached hydrogens (primary N) is 1. The van der Waals surface area contributed by atoms with E-state index in [1.165, 1.54) is 6.07 Å². The van der Waals surface area contributed by atoms with Crippen LogP contribution in [0.1, 0.15) is 31.2 Å². The normalized spacial score (nSPS) is 18.8. The molecule has 0 bridgehead atoms. The van der Waals surface area contributed by atoms with Gasteiger partial charge in [-0.25, -0.2) is 4.98 Å². The molecule has 1 fully saturated rings. The minimum atomic E-state index is -2.94. The molecule has 0 unspecified atom stereocenters. The molecule has 9 nitrogen and oxygen atoms in total. The largest absolute Gasteiger partial charge is 0.434 e. The number of ether oxygens (including phenoxy) is 1. The van der Waals surface area contributed by atoms with Crippen LogP contribution in [0.2, 0.25) is 0 Å². The predicted molar refractivity (Wildman–Crippen MR) is 108 cm³/mol. The molecule has 1 aliphatic rings. The van der Waals surface area contributed by atoms with Gasteiger partial charge in [0.2, 0.25) is 11.8 Å². The Balaban J connectivity index is 1.67. The molecule has 1 aromatic carbocycles. The standard InChI is InChI=1S/C19H24F2N6O3/c20-18(21)30-16-4-2-1-3-13(16)10-24-19-25-11-15(27(28)29)17(26-19)23-9-12-5-7-14(22)8-6-12/h1-4,11-12,14,18H,5-10,22H2,(H2,23,24,25,26)/t12-,14-. The van der Waals surface area contributed by atoms with Gasteiger partial charge in [0, 0.05) is 24.7 Å². The second-order valence-corrected chi connectivity index (χ2v) is 7.19. The molecule has 11 heteroatoms. The van der Waals surface area contributed by atoms with E-state index in [-0.39, 0.29) is 35.8 Å². The minimum Gasteiger partial charge on any atom is -0.434 e. The lowest BCUT2D eigenvalue weighted by atomic mass is 9.86. The third kappa shape index (κ3) is 5.96. The molecule has 4 N–H and O–H groups in total. The molecule has 0 atom stereocenters. The summed E-state index contributed by atoms with van der Waals surface area (Å²) < 4.78 is 29.6. The first-order valence-corrected chi connectivity index (χ1v) is 9.70. The second-order valence-electron chi connectivity index (χ2n) is 7.19. The molecule has 30 heavy (non-hydrogen) atoms. The fraction of sp³-hybridized carbons (Fsp3) is 0.474. The van der Waals surface area contributed by atoms with Gasteiger partial charge in [-0.1, -0.05) is 18.2 Å². The first-order valence-electron chi connectivity index (χ1n) is 9.70. The molecular weight excluding hydrogens is 398 g/mol. The third-order valence-corrected chi connectivity index (χ3v) is 5.04. The summed E-state index contributed by atoms with van der Waals surface area (Å²) in [6.07, 6.45) is 4.91. The van der Waals surface area contributed by atoms with E-state index in [9.17, 15) is 18.9 Å². The van der Waals surface area contributed by atoms with Crippen LogP contribution in [-0.4, -0.2) is 34.1 Å². The number of aromatic nitrogens is 2. The maximum absolute atomic E-state index is 12.6. The van der Waals surface area contributed by atoms with E-state index in [0.717, 1.165) is 31.9 Å². The molecule has 1 aromatic heterocycles. The van der Waals surface area contributed by atoms with E-state index in [1.807, 2.05) is 0 Å². The van der Waals surface area contributed by atoms with Crippen molar-refractivity contribution in [2.24, 2.45) is 11.7 Å². The average molecular weight is 422 g/mol. The number of nitro groups is 1. The zero-order chi connectivity index (χ0) is 21.5. The van der Waals surface area contributed by atoms with Gasteiger partial charge in [0.05, 0.1) is 4.92 Å². The van der Waals surface area contributed by atoms with Crippen molar-refractivity contribution < 1.29 is 18.4 Å². The van der Waals surface area contributed by atoms with Gasteiger partial charge in [0.1, 0.15) is 11.9 Å². The number of nitrogens with zero attached hydrogens (tertiary/aromatic N) is 3. The number of rotatable bonds is 9. The molecule has 1 aliphatic carbocycles. The van der Waals surface area contributed by atoms with Crippen molar-refractivity contribution in [1.82, 2.24) is 9.97 Å². The SMILES string of the molecule is N[C@H]1CC[C@H](CNc2nc(NCc3ccccc3OC(F)F)ncc2[N+](=O)[O-])CC1. The lowest BCUT2D eigenvalue weighted by molar-refractivity contribution is -0.384. The number of benzene rings is 1. The van der Waals surface area contributed by atoms with E-state index in [4.69, 9.17) is 5.73 Å². The predicted octanol–water partition coefficient (Wildman–Crippen LogP) is 3.53. The summed E-state index contributed by atoms with van der Waals surface area (Å²) in [4.78, 5) is 18.9. The summed E-state index contributed by atoms with van der Waals surface area (Å²) in [5.41, 5.74) is 6.17. The lowest BCUT2D eigenvalue weighted by Crippen LogP contribution is -2.29. The number of hydrogen-bond acceptors (Lipinski definition) is 8. The number of para-hydroxylation sites is 1. The molecule has 162 valence electrons. The number of anilines is 2. The monoisotopic (exact) mass is 422 g/mol. The Bertz CT molecular complexity index is 862. The summed E-state index contributed by atoms with van der Waals surface area (Å²) >= 11 is 0. The Labute approximate surface area is 172 Å². The summed E-state index contributed by atoms with van der Waals surface area (Å²) in [5.74, 6) is 0.662. The first-order chi connectivity index (χ1) is 14.4. The van der Waals surface area contributed by atoms with Gasteiger partial charge in [-0.3, -0.25) is 10.1 Å². The maximum Gasteiger partial charge on any atom is 0.387 e. The van der Waals surface area contributed by atoms with Crippen LogP contribution < -0.4 is 21.1 Å². The third-order valence-electron chi connectivity index (χ3n) is 5.04. The molecule has 0 amide bonds. The van der Waals surface area contributed by atoms with Crippen LogP contribution >= 0.6 is 0 Å². The Morgan fingerprint density at radius 2 is 1.97 bits per heavy atom. The van der Waals surface area contributed by atoms with Gasteiger partial charge in [-0.05, 0) is 37.7 Å². The summed E-state index contributed by atoms with van der Waals surface area (Å²) in [6.45, 7) is -2.28. The van der Waals surface area contributed by atoms with Crippen LogP contribution in [0, 0.1) is 16.0 Å². The van der Waals surface area contributed by atoms with E-state index < -0.39 is 11.5 Å². The zero-order valence-electron chi connectivity index (χ0n) is 16.3. The molecule has 2 aromatic rings. The molecule has 1 saturated carbocycles. The average Bonchev–Trinajstić information content (AvgIpc) is 2.72. The Morgan fingerprint density at radius 1 is 1.23 bits per heavy atom. The highest BCUT2D eigenvalue weighted by molar-refractivity contribution is 5.57. The van der Waals surface area contributed by atoms with Crippen LogP contribution in [0.15, 0.2) is 30.5 Å². The number of halogens is 2. The quantitative estimate of drug-likeness (QED) is 0.414. The molecule has 1 heterocycles. The molecule has 0 radical (unpaired) electrons. The lowest BCUT2D eigenvalue weighted by Gasteiger charge is -2.26. The van der Waals surface area contributed by atoms with Crippen molar-refractivity contribution in [1.29, 1.82) is 0 Å². The highest BCUT2D eigenvalue weighted by atomic mass is 19.3. The molecule has 0 spiro atoms. The smallest absolute Gasteiger partial charge is 0.387 e. The van der Waals surface area contributed by atoms with Crippen LogP contribution in [0.5, 0.6) is 5.75 Å². The number of hydrogen-bond donors (Lipinski definition) is 3. The Hall–Kier alpha value is -3.08. The molecule has 0 aliphatic heterocycles. The second kappa shape index (κ2) is 10.1. The summed E-state index contributed by atoms with van der Waals surface area (Å²) in [5, 5.41) is 17.3. The van der Waals surface area contributed by atoms with Crippen molar-refractivity contribution >= 4 is 17.5 Å². The van der Waals surface area contributed by atoms with Crippen LogP contribution in [0.25, 0.3) is 0 Å². The van der Waals surface area contributed by atoms with Gasteiger partial charge < -0.3 is 21.1 Å². The van der Waals surface area contributed by atoms with Crippen LogP contribution in [0.3, 0.4) is 0 Å². The fourth-order valence-electron chi connectivity index (χ4n) is 3.39. The Kier molecular flexibility index (Phi) is 7.28. The van der Waals surface area contributed by atoms with E-state index in [1.54, 1.807) is 18.2 Å². The van der Waals surface area contributed by atoms with Crippen molar-refractivity contribution in [3.8, 4) is 5.75 Å². The van der Waals surface area contributed by atoms with Gasteiger partial charge in [0.25, 0.3) is 0 Å². The number of alkyl halides is 2.